The summed E-state index contributed by atoms with van der Waals surface area (Å²) in [5.74, 6) is 0. The first kappa shape index (κ1) is 22.2. The molecule has 0 aromatic heterocycles. The molecule has 1 aliphatic rings. The number of allylic oxidation sites excluding steroid dienone is 2. The molecule has 0 aliphatic carbocycles. The normalized spacial score (nSPS) is 22.8. The highest BCUT2D eigenvalue weighted by atomic mass is 16.3. The van der Waals surface area contributed by atoms with Crippen molar-refractivity contribution in [1.82, 2.24) is 5.32 Å². The third kappa shape index (κ3) is 8.91. The van der Waals surface area contributed by atoms with E-state index < -0.39 is 0 Å². The van der Waals surface area contributed by atoms with Crippen molar-refractivity contribution < 1.29 is 9.59 Å². The summed E-state index contributed by atoms with van der Waals surface area (Å²) in [6.07, 6.45) is 25.5. The van der Waals surface area contributed by atoms with Gasteiger partial charge in [0.1, 0.15) is 12.7 Å². The van der Waals surface area contributed by atoms with Crippen LogP contribution in [0.2, 0.25) is 0 Å². The van der Waals surface area contributed by atoms with Crippen LogP contribution in [0, 0.1) is 0 Å². The molecule has 0 fully saturated rings. The lowest BCUT2D eigenvalue weighted by atomic mass is 10.1. The van der Waals surface area contributed by atoms with Crippen molar-refractivity contribution in [2.24, 2.45) is 0 Å². The summed E-state index contributed by atoms with van der Waals surface area (Å²) >= 11 is 0. The van der Waals surface area contributed by atoms with Gasteiger partial charge >= 0.3 is 0 Å². The van der Waals surface area contributed by atoms with Crippen molar-refractivity contribution in [3.63, 3.8) is 0 Å². The van der Waals surface area contributed by atoms with Crippen LogP contribution in [0.25, 0.3) is 0 Å². The Hall–Kier alpha value is -0.800. The largest absolute Gasteiger partial charge is 0.390 e. The Balaban J connectivity index is 1.98. The maximum atomic E-state index is 9.34. The number of hydrogen-bond donors (Lipinski definition) is 2. The van der Waals surface area contributed by atoms with Gasteiger partial charge in [-0.25, -0.2) is 0 Å². The monoisotopic (exact) mass is 351 g/mol. The smallest absolute Gasteiger partial charge is 0.166 e. The van der Waals surface area contributed by atoms with E-state index in [2.05, 4.69) is 43.7 Å². The number of unbranched alkanes of at least 4 members (excludes halogenated alkanes) is 9. The van der Waals surface area contributed by atoms with E-state index >= 15 is 0 Å². The predicted molar refractivity (Wildman–Crippen MR) is 109 cm³/mol. The second-order valence-corrected chi connectivity index (χ2v) is 7.53. The van der Waals surface area contributed by atoms with Crippen molar-refractivity contribution in [1.29, 1.82) is 0 Å². The van der Waals surface area contributed by atoms with Crippen LogP contribution in [0.3, 0.4) is 0 Å². The fourth-order valence-corrected chi connectivity index (χ4v) is 3.85. The number of likely N-dealkylation sites (N-methyl/N-ethyl adjacent to an activating group) is 1. The molecule has 1 heterocycles. The quantitative estimate of drug-likeness (QED) is 0.219. The van der Waals surface area contributed by atoms with Crippen LogP contribution in [0.4, 0.5) is 0 Å². The third-order valence-electron chi connectivity index (χ3n) is 5.63. The van der Waals surface area contributed by atoms with E-state index in [-0.39, 0.29) is 6.61 Å². The first-order valence-corrected chi connectivity index (χ1v) is 10.8. The van der Waals surface area contributed by atoms with Crippen LogP contribution in [-0.2, 0) is 0 Å². The summed E-state index contributed by atoms with van der Waals surface area (Å²) in [5.41, 5.74) is 0. The summed E-state index contributed by atoms with van der Waals surface area (Å²) < 4.78 is 0.900. The number of aliphatic hydroxyl groups excluding tert-OH is 1. The number of quaternary nitrogens is 1. The minimum atomic E-state index is 0.265. The van der Waals surface area contributed by atoms with Crippen molar-refractivity contribution in [3.8, 4) is 0 Å². The fraction of sp³-hybridized carbons (Fsp3) is 0.818. The van der Waals surface area contributed by atoms with Crippen LogP contribution in [0.15, 0.2) is 24.6 Å². The maximum absolute atomic E-state index is 9.34. The van der Waals surface area contributed by atoms with Gasteiger partial charge in [-0.15, -0.1) is 0 Å². The highest BCUT2D eigenvalue weighted by Crippen LogP contribution is 2.22. The van der Waals surface area contributed by atoms with Crippen LogP contribution in [-0.4, -0.2) is 35.5 Å². The zero-order chi connectivity index (χ0) is 18.2. The molecule has 0 radical (unpaired) electrons. The lowest BCUT2D eigenvalue weighted by Gasteiger charge is -2.36. The summed E-state index contributed by atoms with van der Waals surface area (Å²) in [4.78, 5) is 0. The average molecular weight is 352 g/mol. The molecule has 146 valence electrons. The van der Waals surface area contributed by atoms with Crippen LogP contribution < -0.4 is 5.32 Å². The van der Waals surface area contributed by atoms with E-state index in [1.165, 1.54) is 77.0 Å². The number of nitrogens with one attached hydrogen (secondary N) is 1. The van der Waals surface area contributed by atoms with Gasteiger partial charge < -0.3 is 10.4 Å². The van der Waals surface area contributed by atoms with Gasteiger partial charge in [0.25, 0.3) is 0 Å². The van der Waals surface area contributed by atoms with Gasteiger partial charge in [-0.3, -0.25) is 4.48 Å². The second kappa shape index (κ2) is 14.4. The van der Waals surface area contributed by atoms with Gasteiger partial charge in [0.15, 0.2) is 6.17 Å². The SMILES string of the molecule is CCCCCCC/C=C/CCCCCCC1NC=C[N+]1(CC)CCO. The number of nitrogens with zero attached hydrogens (tertiary/aromatic N) is 1. The van der Waals surface area contributed by atoms with Crippen LogP contribution in [0.1, 0.15) is 90.9 Å². The molecule has 2 N–H and O–H groups in total. The van der Waals surface area contributed by atoms with Crippen LogP contribution in [0.5, 0.6) is 0 Å². The molecule has 2 unspecified atom stereocenters. The van der Waals surface area contributed by atoms with E-state index in [0.717, 1.165) is 17.6 Å². The van der Waals surface area contributed by atoms with Gasteiger partial charge in [0.05, 0.1) is 19.4 Å². The molecular formula is C22H43N2O+. The second-order valence-electron chi connectivity index (χ2n) is 7.53. The molecule has 1 aliphatic heterocycles. The first-order valence-electron chi connectivity index (χ1n) is 10.8. The Labute approximate surface area is 156 Å². The van der Waals surface area contributed by atoms with E-state index in [1.54, 1.807) is 0 Å². The van der Waals surface area contributed by atoms with Gasteiger partial charge in [0, 0.05) is 6.42 Å². The van der Waals surface area contributed by atoms with E-state index in [4.69, 9.17) is 0 Å². The summed E-state index contributed by atoms with van der Waals surface area (Å²) in [6, 6.07) is 0. The number of aliphatic hydroxyl groups is 1. The molecule has 25 heavy (non-hydrogen) atoms. The molecule has 0 aromatic carbocycles. The molecule has 0 amide bonds. The summed E-state index contributed by atoms with van der Waals surface area (Å²) in [6.45, 7) is 6.64. The minimum Gasteiger partial charge on any atom is -0.390 e. The standard InChI is InChI=1S/C22H43N2O/c1-3-5-6-7-8-9-10-11-12-13-14-15-16-17-22-23-18-19-24(22,4-2)20-21-25/h10-11,18-19,22-23,25H,3-9,12-17,20-21H2,1-2H3/q+1/b11-10+. The van der Waals surface area contributed by atoms with E-state index in [1.807, 2.05) is 0 Å². The summed E-state index contributed by atoms with van der Waals surface area (Å²) in [5, 5.41) is 12.8. The van der Waals surface area contributed by atoms with E-state index in [0.29, 0.717) is 6.17 Å². The lowest BCUT2D eigenvalue weighted by molar-refractivity contribution is -0.900. The molecule has 1 rings (SSSR count). The molecule has 0 aromatic rings. The molecule has 0 saturated carbocycles. The van der Waals surface area contributed by atoms with Crippen molar-refractivity contribution in [3.05, 3.63) is 24.6 Å². The van der Waals surface area contributed by atoms with E-state index in [9.17, 15) is 5.11 Å². The van der Waals surface area contributed by atoms with Crippen molar-refractivity contribution in [2.45, 2.75) is 97.1 Å². The third-order valence-corrected chi connectivity index (χ3v) is 5.63. The van der Waals surface area contributed by atoms with Crippen molar-refractivity contribution in [2.75, 3.05) is 19.7 Å². The number of rotatable bonds is 16. The topological polar surface area (TPSA) is 32.3 Å². The molecule has 0 saturated heterocycles. The molecule has 0 spiro atoms. The van der Waals surface area contributed by atoms with Crippen molar-refractivity contribution >= 4 is 0 Å². The Morgan fingerprint density at radius 3 is 2.16 bits per heavy atom. The van der Waals surface area contributed by atoms with Crippen LogP contribution >= 0.6 is 0 Å². The lowest BCUT2D eigenvalue weighted by Crippen LogP contribution is -2.54. The Bertz CT molecular complexity index is 367. The zero-order valence-corrected chi connectivity index (χ0v) is 16.9. The first-order chi connectivity index (χ1) is 12.3. The number of hydrogen-bond acceptors (Lipinski definition) is 2. The predicted octanol–water partition coefficient (Wildman–Crippen LogP) is 5.47. The minimum absolute atomic E-state index is 0.265. The zero-order valence-electron chi connectivity index (χ0n) is 16.9. The molecule has 3 heteroatoms. The molecule has 3 nitrogen and oxygen atoms in total. The summed E-state index contributed by atoms with van der Waals surface area (Å²) in [7, 11) is 0. The Morgan fingerprint density at radius 2 is 1.56 bits per heavy atom. The van der Waals surface area contributed by atoms with Gasteiger partial charge in [-0.2, -0.15) is 0 Å². The highest BCUT2D eigenvalue weighted by molar-refractivity contribution is 4.84. The Morgan fingerprint density at radius 1 is 0.920 bits per heavy atom. The molecular weight excluding hydrogens is 308 g/mol. The molecule has 0 bridgehead atoms. The fourth-order valence-electron chi connectivity index (χ4n) is 3.85. The molecule has 2 atom stereocenters. The maximum Gasteiger partial charge on any atom is 0.166 e. The van der Waals surface area contributed by atoms with Gasteiger partial charge in [-0.05, 0) is 39.0 Å². The van der Waals surface area contributed by atoms with Gasteiger partial charge in [0.2, 0.25) is 0 Å². The average Bonchev–Trinajstić information content (AvgIpc) is 3.02. The van der Waals surface area contributed by atoms with Gasteiger partial charge in [-0.1, -0.05) is 57.6 Å². The Kier molecular flexibility index (Phi) is 12.8. The highest BCUT2D eigenvalue weighted by Gasteiger charge is 2.35.